The van der Waals surface area contributed by atoms with Gasteiger partial charge in [0.25, 0.3) is 0 Å². The minimum absolute atomic E-state index is 0. The second kappa shape index (κ2) is 5.74. The van der Waals surface area contributed by atoms with E-state index in [1.54, 1.807) is 0 Å². The summed E-state index contributed by atoms with van der Waals surface area (Å²) in [5.41, 5.74) is 1.38. The van der Waals surface area contributed by atoms with E-state index in [2.05, 4.69) is 61.2 Å². The first-order valence-corrected chi connectivity index (χ1v) is 5.40. The quantitative estimate of drug-likeness (QED) is 0.686. The second-order valence-corrected chi connectivity index (χ2v) is 4.86. The standard InChI is InChI=1S/C11H17BrN.ClH/c1-4-13(2,3)9-10-7-5-6-8-11(10)12;/h5-8H,4,9H2,1-3H3;1H/q+1;/p-1. The first-order chi connectivity index (χ1) is 6.05. The van der Waals surface area contributed by atoms with Gasteiger partial charge in [0.1, 0.15) is 6.54 Å². The zero-order valence-corrected chi connectivity index (χ0v) is 11.3. The predicted molar refractivity (Wildman–Crippen MR) is 60.5 cm³/mol. The van der Waals surface area contributed by atoms with Crippen molar-refractivity contribution in [2.75, 3.05) is 20.6 Å². The van der Waals surface area contributed by atoms with Crippen LogP contribution in [0.15, 0.2) is 28.7 Å². The molecular weight excluding hydrogens is 261 g/mol. The van der Waals surface area contributed by atoms with Crippen LogP contribution in [0.4, 0.5) is 0 Å². The van der Waals surface area contributed by atoms with Gasteiger partial charge in [-0.25, -0.2) is 0 Å². The molecule has 0 aromatic heterocycles. The number of hydrogen-bond acceptors (Lipinski definition) is 0. The van der Waals surface area contributed by atoms with Gasteiger partial charge in [-0.05, 0) is 13.0 Å². The monoisotopic (exact) mass is 277 g/mol. The predicted octanol–water partition coefficient (Wildman–Crippen LogP) is 0.0494. The molecule has 1 aromatic rings. The lowest BCUT2D eigenvalue weighted by Gasteiger charge is -2.28. The molecule has 0 atom stereocenters. The van der Waals surface area contributed by atoms with Crippen molar-refractivity contribution in [3.63, 3.8) is 0 Å². The molecular formula is C11H17BrClN. The first-order valence-electron chi connectivity index (χ1n) is 4.60. The molecule has 0 heterocycles. The summed E-state index contributed by atoms with van der Waals surface area (Å²) < 4.78 is 2.25. The molecule has 80 valence electrons. The molecule has 1 nitrogen and oxygen atoms in total. The number of benzene rings is 1. The Hall–Kier alpha value is -0.0500. The van der Waals surface area contributed by atoms with Gasteiger partial charge in [0, 0.05) is 10.0 Å². The van der Waals surface area contributed by atoms with Gasteiger partial charge in [-0.1, -0.05) is 34.1 Å². The fourth-order valence-corrected chi connectivity index (χ4v) is 1.61. The average molecular weight is 279 g/mol. The highest BCUT2D eigenvalue weighted by Gasteiger charge is 2.13. The molecule has 0 saturated carbocycles. The Kier molecular flexibility index (Phi) is 5.72. The summed E-state index contributed by atoms with van der Waals surface area (Å²) in [6.45, 7) is 4.45. The molecule has 0 aliphatic carbocycles. The SMILES string of the molecule is CC[N+](C)(C)Cc1ccccc1Br.[Cl-]. The van der Waals surface area contributed by atoms with Gasteiger partial charge in [-0.2, -0.15) is 0 Å². The van der Waals surface area contributed by atoms with Gasteiger partial charge in [0.15, 0.2) is 0 Å². The topological polar surface area (TPSA) is 0 Å². The van der Waals surface area contributed by atoms with Crippen LogP contribution in [0.5, 0.6) is 0 Å². The molecule has 0 aliphatic rings. The van der Waals surface area contributed by atoms with Gasteiger partial charge in [0.2, 0.25) is 0 Å². The maximum absolute atomic E-state index is 3.57. The summed E-state index contributed by atoms with van der Waals surface area (Å²) in [7, 11) is 4.50. The van der Waals surface area contributed by atoms with Crippen LogP contribution in [-0.2, 0) is 6.54 Å². The number of halogens is 2. The Morgan fingerprint density at radius 3 is 2.29 bits per heavy atom. The van der Waals surface area contributed by atoms with Crippen molar-refractivity contribution in [3.05, 3.63) is 34.3 Å². The summed E-state index contributed by atoms with van der Waals surface area (Å²) in [4.78, 5) is 0. The van der Waals surface area contributed by atoms with E-state index in [0.717, 1.165) is 17.6 Å². The molecule has 0 amide bonds. The third kappa shape index (κ3) is 3.99. The van der Waals surface area contributed by atoms with Crippen molar-refractivity contribution < 1.29 is 16.9 Å². The Morgan fingerprint density at radius 2 is 1.79 bits per heavy atom. The van der Waals surface area contributed by atoms with E-state index in [4.69, 9.17) is 0 Å². The van der Waals surface area contributed by atoms with Crippen molar-refractivity contribution in [2.45, 2.75) is 13.5 Å². The van der Waals surface area contributed by atoms with Crippen LogP contribution in [0.1, 0.15) is 12.5 Å². The van der Waals surface area contributed by atoms with Crippen LogP contribution in [0, 0.1) is 0 Å². The first kappa shape index (κ1) is 13.9. The largest absolute Gasteiger partial charge is 1.00 e. The lowest BCUT2D eigenvalue weighted by atomic mass is 10.2. The lowest BCUT2D eigenvalue weighted by Crippen LogP contribution is -3.00. The van der Waals surface area contributed by atoms with Crippen LogP contribution >= 0.6 is 15.9 Å². The Balaban J connectivity index is 0.00000169. The third-order valence-electron chi connectivity index (χ3n) is 2.41. The Bertz CT molecular complexity index is 286. The zero-order chi connectivity index (χ0) is 9.90. The smallest absolute Gasteiger partial charge is 0.105 e. The average Bonchev–Trinajstić information content (AvgIpc) is 2.09. The van der Waals surface area contributed by atoms with Crippen LogP contribution < -0.4 is 12.4 Å². The third-order valence-corrected chi connectivity index (χ3v) is 3.19. The van der Waals surface area contributed by atoms with Crippen molar-refractivity contribution >= 4 is 15.9 Å². The van der Waals surface area contributed by atoms with E-state index in [-0.39, 0.29) is 12.4 Å². The number of hydrogen-bond donors (Lipinski definition) is 0. The Labute approximate surface area is 101 Å². The molecule has 14 heavy (non-hydrogen) atoms. The maximum atomic E-state index is 3.57. The van der Waals surface area contributed by atoms with E-state index < -0.39 is 0 Å². The number of quaternary nitrogens is 1. The van der Waals surface area contributed by atoms with Gasteiger partial charge >= 0.3 is 0 Å². The fraction of sp³-hybridized carbons (Fsp3) is 0.455. The van der Waals surface area contributed by atoms with Crippen LogP contribution in [0.25, 0.3) is 0 Å². The molecule has 1 rings (SSSR count). The normalized spacial score (nSPS) is 10.9. The van der Waals surface area contributed by atoms with Crippen LogP contribution in [0.3, 0.4) is 0 Å². The molecule has 0 aliphatic heterocycles. The lowest BCUT2D eigenvalue weighted by molar-refractivity contribution is -0.901. The zero-order valence-electron chi connectivity index (χ0n) is 8.93. The van der Waals surface area contributed by atoms with E-state index in [0.29, 0.717) is 0 Å². The van der Waals surface area contributed by atoms with Crippen molar-refractivity contribution in [1.29, 1.82) is 0 Å². The van der Waals surface area contributed by atoms with E-state index in [1.807, 2.05) is 0 Å². The Morgan fingerprint density at radius 1 is 1.21 bits per heavy atom. The van der Waals surface area contributed by atoms with Gasteiger partial charge < -0.3 is 16.9 Å². The second-order valence-electron chi connectivity index (χ2n) is 4.00. The number of nitrogens with zero attached hydrogens (tertiary/aromatic N) is 1. The molecule has 3 heteroatoms. The maximum Gasteiger partial charge on any atom is 0.105 e. The van der Waals surface area contributed by atoms with Crippen molar-refractivity contribution in [1.82, 2.24) is 0 Å². The summed E-state index contributed by atoms with van der Waals surface area (Å²) >= 11 is 3.57. The molecule has 0 bridgehead atoms. The summed E-state index contributed by atoms with van der Waals surface area (Å²) in [5, 5.41) is 0. The van der Waals surface area contributed by atoms with Gasteiger partial charge in [0.05, 0.1) is 20.6 Å². The van der Waals surface area contributed by atoms with Crippen molar-refractivity contribution in [2.24, 2.45) is 0 Å². The molecule has 0 unspecified atom stereocenters. The van der Waals surface area contributed by atoms with Gasteiger partial charge in [-0.15, -0.1) is 0 Å². The molecule has 0 spiro atoms. The minimum Gasteiger partial charge on any atom is -1.00 e. The van der Waals surface area contributed by atoms with Crippen LogP contribution in [-0.4, -0.2) is 25.1 Å². The van der Waals surface area contributed by atoms with E-state index >= 15 is 0 Å². The van der Waals surface area contributed by atoms with E-state index in [1.165, 1.54) is 10.0 Å². The van der Waals surface area contributed by atoms with Crippen molar-refractivity contribution in [3.8, 4) is 0 Å². The van der Waals surface area contributed by atoms with Gasteiger partial charge in [-0.3, -0.25) is 0 Å². The molecule has 0 N–H and O–H groups in total. The molecule has 1 aromatic carbocycles. The summed E-state index contributed by atoms with van der Waals surface area (Å²) in [6, 6.07) is 8.43. The molecule has 0 saturated heterocycles. The van der Waals surface area contributed by atoms with Crippen LogP contribution in [0.2, 0.25) is 0 Å². The van der Waals surface area contributed by atoms with E-state index in [9.17, 15) is 0 Å². The highest BCUT2D eigenvalue weighted by atomic mass is 79.9. The highest BCUT2D eigenvalue weighted by molar-refractivity contribution is 9.10. The summed E-state index contributed by atoms with van der Waals surface area (Å²) in [5.74, 6) is 0. The number of rotatable bonds is 3. The molecule has 0 fully saturated rings. The summed E-state index contributed by atoms with van der Waals surface area (Å²) in [6.07, 6.45) is 0. The molecule has 0 radical (unpaired) electrons. The minimum atomic E-state index is 0. The fourth-order valence-electron chi connectivity index (χ4n) is 1.20. The highest BCUT2D eigenvalue weighted by Crippen LogP contribution is 2.19.